The first kappa shape index (κ1) is 12.0. The number of aromatic nitrogens is 1. The summed E-state index contributed by atoms with van der Waals surface area (Å²) < 4.78 is 26.7. The number of rotatable bonds is 3. The molecule has 88 valence electrons. The second-order valence-corrected chi connectivity index (χ2v) is 4.27. The number of hydrogen-bond donors (Lipinski definition) is 1. The van der Waals surface area contributed by atoms with E-state index in [0.29, 0.717) is 11.0 Å². The molecule has 0 aliphatic carbocycles. The van der Waals surface area contributed by atoms with Crippen LogP contribution >= 0.6 is 15.9 Å². The largest absolute Gasteiger partial charge is 0.376 e. The molecule has 0 unspecified atom stereocenters. The minimum Gasteiger partial charge on any atom is -0.376 e. The van der Waals surface area contributed by atoms with Crippen molar-refractivity contribution in [3.8, 4) is 0 Å². The lowest BCUT2D eigenvalue weighted by Crippen LogP contribution is -2.04. The molecule has 2 nitrogen and oxygen atoms in total. The molecule has 0 saturated heterocycles. The minimum atomic E-state index is -0.632. The molecule has 0 radical (unpaired) electrons. The number of nitrogens with zero attached hydrogens (tertiary/aromatic N) is 1. The van der Waals surface area contributed by atoms with E-state index in [4.69, 9.17) is 0 Å². The van der Waals surface area contributed by atoms with E-state index in [9.17, 15) is 8.78 Å². The Morgan fingerprint density at radius 2 is 2.06 bits per heavy atom. The van der Waals surface area contributed by atoms with Crippen LogP contribution in [-0.2, 0) is 6.54 Å². The average Bonchev–Trinajstić information content (AvgIpc) is 2.29. The van der Waals surface area contributed by atoms with Crippen LogP contribution in [0.3, 0.4) is 0 Å². The van der Waals surface area contributed by atoms with Gasteiger partial charge >= 0.3 is 0 Å². The van der Waals surface area contributed by atoms with Crippen molar-refractivity contribution in [3.63, 3.8) is 0 Å². The summed E-state index contributed by atoms with van der Waals surface area (Å²) in [6, 6.07) is 7.52. The highest BCUT2D eigenvalue weighted by Gasteiger charge is 2.09. The van der Waals surface area contributed by atoms with Gasteiger partial charge in [0.25, 0.3) is 0 Å². The van der Waals surface area contributed by atoms with Crippen molar-refractivity contribution < 1.29 is 8.78 Å². The first-order valence-corrected chi connectivity index (χ1v) is 5.74. The van der Waals surface area contributed by atoms with Crippen LogP contribution < -0.4 is 5.32 Å². The molecule has 17 heavy (non-hydrogen) atoms. The maximum Gasteiger partial charge on any atom is 0.150 e. The Morgan fingerprint density at radius 1 is 1.24 bits per heavy atom. The quantitative estimate of drug-likeness (QED) is 0.934. The lowest BCUT2D eigenvalue weighted by atomic mass is 10.3. The molecular formula is C12H9BrF2N2. The summed E-state index contributed by atoms with van der Waals surface area (Å²) in [5.41, 5.74) is 1.01. The molecule has 0 atom stereocenters. The van der Waals surface area contributed by atoms with E-state index >= 15 is 0 Å². The SMILES string of the molecule is Fc1cc(F)c(NCc2ccccn2)c(Br)c1. The molecule has 0 saturated carbocycles. The van der Waals surface area contributed by atoms with Gasteiger partial charge in [0.1, 0.15) is 11.6 Å². The number of anilines is 1. The summed E-state index contributed by atoms with van der Waals surface area (Å²) in [7, 11) is 0. The van der Waals surface area contributed by atoms with Gasteiger partial charge in [-0.3, -0.25) is 4.98 Å². The van der Waals surface area contributed by atoms with Crippen molar-refractivity contribution in [1.29, 1.82) is 0 Å². The van der Waals surface area contributed by atoms with Gasteiger partial charge in [-0.2, -0.15) is 0 Å². The van der Waals surface area contributed by atoms with Crippen LogP contribution in [-0.4, -0.2) is 4.98 Å². The molecule has 1 heterocycles. The Labute approximate surface area is 106 Å². The zero-order valence-electron chi connectivity index (χ0n) is 8.75. The molecule has 0 spiro atoms. The van der Waals surface area contributed by atoms with Gasteiger partial charge in [0.05, 0.1) is 17.9 Å². The zero-order chi connectivity index (χ0) is 12.3. The molecular weight excluding hydrogens is 290 g/mol. The molecule has 0 amide bonds. The van der Waals surface area contributed by atoms with Crippen LogP contribution in [0.2, 0.25) is 0 Å². The summed E-state index contributed by atoms with van der Waals surface area (Å²) in [5, 5.41) is 2.87. The first-order valence-electron chi connectivity index (χ1n) is 4.95. The third-order valence-electron chi connectivity index (χ3n) is 2.18. The Balaban J connectivity index is 2.15. The van der Waals surface area contributed by atoms with Crippen molar-refractivity contribution in [2.75, 3.05) is 5.32 Å². The third-order valence-corrected chi connectivity index (χ3v) is 2.80. The highest BCUT2D eigenvalue weighted by atomic mass is 79.9. The second-order valence-electron chi connectivity index (χ2n) is 3.42. The van der Waals surface area contributed by atoms with Gasteiger partial charge in [-0.05, 0) is 34.1 Å². The smallest absolute Gasteiger partial charge is 0.150 e. The standard InChI is InChI=1S/C12H9BrF2N2/c13-10-5-8(14)6-11(15)12(10)17-7-9-3-1-2-4-16-9/h1-6,17H,7H2. The summed E-state index contributed by atoms with van der Waals surface area (Å²) in [6.07, 6.45) is 1.66. The van der Waals surface area contributed by atoms with Crippen LogP contribution in [0.15, 0.2) is 41.0 Å². The van der Waals surface area contributed by atoms with Crippen LogP contribution in [0.4, 0.5) is 14.5 Å². The Bertz CT molecular complexity index is 494. The molecule has 0 aliphatic heterocycles. The number of halogens is 3. The molecule has 2 rings (SSSR count). The number of benzene rings is 1. The molecule has 1 aromatic heterocycles. The molecule has 0 aliphatic rings. The number of hydrogen-bond acceptors (Lipinski definition) is 2. The zero-order valence-corrected chi connectivity index (χ0v) is 10.3. The fraction of sp³-hybridized carbons (Fsp3) is 0.0833. The van der Waals surface area contributed by atoms with E-state index in [-0.39, 0.29) is 5.69 Å². The van der Waals surface area contributed by atoms with Gasteiger partial charge in [0.15, 0.2) is 0 Å². The van der Waals surface area contributed by atoms with Crippen molar-refractivity contribution in [2.24, 2.45) is 0 Å². The Morgan fingerprint density at radius 3 is 2.71 bits per heavy atom. The van der Waals surface area contributed by atoms with E-state index < -0.39 is 11.6 Å². The maximum atomic E-state index is 13.5. The first-order chi connectivity index (χ1) is 8.16. The average molecular weight is 299 g/mol. The highest BCUT2D eigenvalue weighted by molar-refractivity contribution is 9.10. The Hall–Kier alpha value is -1.49. The molecule has 0 bridgehead atoms. The lowest BCUT2D eigenvalue weighted by molar-refractivity contribution is 0.583. The van der Waals surface area contributed by atoms with Crippen LogP contribution in [0.25, 0.3) is 0 Å². The highest BCUT2D eigenvalue weighted by Crippen LogP contribution is 2.27. The Kier molecular flexibility index (Phi) is 3.68. The topological polar surface area (TPSA) is 24.9 Å². The number of nitrogens with one attached hydrogen (secondary N) is 1. The molecule has 1 N–H and O–H groups in total. The van der Waals surface area contributed by atoms with E-state index in [1.54, 1.807) is 12.3 Å². The molecule has 5 heteroatoms. The summed E-state index contributed by atoms with van der Waals surface area (Å²) in [5.74, 6) is -1.24. The van der Waals surface area contributed by atoms with Gasteiger partial charge in [0.2, 0.25) is 0 Å². The fourth-order valence-electron chi connectivity index (χ4n) is 1.39. The summed E-state index contributed by atoms with van der Waals surface area (Å²) in [6.45, 7) is 0.377. The van der Waals surface area contributed by atoms with Gasteiger partial charge < -0.3 is 5.32 Å². The predicted molar refractivity (Wildman–Crippen MR) is 65.6 cm³/mol. The minimum absolute atomic E-state index is 0.233. The van der Waals surface area contributed by atoms with Crippen molar-refractivity contribution in [2.45, 2.75) is 6.54 Å². The number of pyridine rings is 1. The van der Waals surface area contributed by atoms with Crippen LogP contribution in [0, 0.1) is 11.6 Å². The lowest BCUT2D eigenvalue weighted by Gasteiger charge is -2.09. The molecule has 2 aromatic rings. The van der Waals surface area contributed by atoms with Gasteiger partial charge in [-0.15, -0.1) is 0 Å². The maximum absolute atomic E-state index is 13.5. The van der Waals surface area contributed by atoms with E-state index in [0.717, 1.165) is 11.8 Å². The van der Waals surface area contributed by atoms with Crippen LogP contribution in [0.1, 0.15) is 5.69 Å². The van der Waals surface area contributed by atoms with E-state index in [1.165, 1.54) is 6.07 Å². The van der Waals surface area contributed by atoms with E-state index in [1.807, 2.05) is 12.1 Å². The normalized spacial score (nSPS) is 10.3. The van der Waals surface area contributed by atoms with Crippen LogP contribution in [0.5, 0.6) is 0 Å². The van der Waals surface area contributed by atoms with E-state index in [2.05, 4.69) is 26.2 Å². The van der Waals surface area contributed by atoms with Gasteiger partial charge in [0, 0.05) is 16.7 Å². The van der Waals surface area contributed by atoms with Crippen molar-refractivity contribution >= 4 is 21.6 Å². The predicted octanol–water partition coefficient (Wildman–Crippen LogP) is 3.73. The van der Waals surface area contributed by atoms with Crippen molar-refractivity contribution in [3.05, 3.63) is 58.3 Å². The van der Waals surface area contributed by atoms with Gasteiger partial charge in [-0.1, -0.05) is 6.07 Å². The molecule has 0 fully saturated rings. The monoisotopic (exact) mass is 298 g/mol. The second kappa shape index (κ2) is 5.23. The molecule has 1 aromatic carbocycles. The third kappa shape index (κ3) is 3.00. The summed E-state index contributed by atoms with van der Waals surface area (Å²) >= 11 is 3.11. The fourth-order valence-corrected chi connectivity index (χ4v) is 1.94. The van der Waals surface area contributed by atoms with Gasteiger partial charge in [-0.25, -0.2) is 8.78 Å². The summed E-state index contributed by atoms with van der Waals surface area (Å²) in [4.78, 5) is 4.10. The van der Waals surface area contributed by atoms with Crippen molar-refractivity contribution in [1.82, 2.24) is 4.98 Å².